The topological polar surface area (TPSA) is 70.7 Å². The van der Waals surface area contributed by atoms with Crippen LogP contribution < -0.4 is 15.4 Å². The number of likely N-dealkylation sites (N-methyl/N-ethyl adjacent to an activating group) is 1. The minimum Gasteiger partial charge on any atom is -0.482 e. The molecule has 0 spiro atoms. The predicted molar refractivity (Wildman–Crippen MR) is 111 cm³/mol. The molecule has 152 valence electrons. The van der Waals surface area contributed by atoms with Gasteiger partial charge in [-0.05, 0) is 62.4 Å². The van der Waals surface area contributed by atoms with Crippen molar-refractivity contribution < 1.29 is 14.3 Å². The number of ether oxygens (including phenoxy) is 1. The number of nitrogens with zero attached hydrogens (tertiary/aromatic N) is 1. The number of hydrogen-bond acceptors (Lipinski definition) is 4. The average Bonchev–Trinajstić information content (AvgIpc) is 2.62. The van der Waals surface area contributed by atoms with Crippen LogP contribution in [0.2, 0.25) is 0 Å². The highest BCUT2D eigenvalue weighted by molar-refractivity contribution is 5.92. The molecule has 0 radical (unpaired) electrons. The summed E-state index contributed by atoms with van der Waals surface area (Å²) in [5.74, 6) is 1.26. The number of aryl methyl sites for hydroxylation is 1. The number of anilines is 1. The lowest BCUT2D eigenvalue weighted by atomic mass is 9.85. The number of carbonyl (C=O) groups excluding carboxylic acids is 2. The first-order valence-electron chi connectivity index (χ1n) is 9.31. The average molecular weight is 398 g/mol. The standard InChI is InChI=1S/C20H31N3O3.ClH/c1-14-7-8-17(18(10-14)26-13-20(25)23(3)4)22-19(24)11-15(2)16-6-5-9-21-12-16;/h7-8,10,15-16,21H,5-6,9,11-13H2,1-4H3,(H,22,24);1H. The monoisotopic (exact) mass is 397 g/mol. The molecule has 27 heavy (non-hydrogen) atoms. The second-order valence-corrected chi connectivity index (χ2v) is 7.41. The summed E-state index contributed by atoms with van der Waals surface area (Å²) in [6, 6.07) is 5.59. The zero-order valence-electron chi connectivity index (χ0n) is 16.7. The number of nitrogens with one attached hydrogen (secondary N) is 2. The quantitative estimate of drug-likeness (QED) is 0.742. The van der Waals surface area contributed by atoms with Crippen LogP contribution in [0.3, 0.4) is 0 Å². The van der Waals surface area contributed by atoms with E-state index in [1.54, 1.807) is 14.1 Å². The highest BCUT2D eigenvalue weighted by Gasteiger charge is 2.22. The third kappa shape index (κ3) is 7.39. The lowest BCUT2D eigenvalue weighted by Gasteiger charge is -2.28. The normalized spacial score (nSPS) is 17.4. The van der Waals surface area contributed by atoms with Crippen molar-refractivity contribution in [3.63, 3.8) is 0 Å². The van der Waals surface area contributed by atoms with Gasteiger partial charge in [-0.1, -0.05) is 13.0 Å². The Morgan fingerprint density at radius 3 is 2.74 bits per heavy atom. The number of benzene rings is 1. The van der Waals surface area contributed by atoms with Gasteiger partial charge in [-0.15, -0.1) is 12.4 Å². The van der Waals surface area contributed by atoms with Crippen LogP contribution in [0, 0.1) is 18.8 Å². The molecule has 2 N–H and O–H groups in total. The summed E-state index contributed by atoms with van der Waals surface area (Å²) in [6.07, 6.45) is 2.83. The number of hydrogen-bond donors (Lipinski definition) is 2. The van der Waals surface area contributed by atoms with E-state index in [0.717, 1.165) is 18.7 Å². The molecule has 2 atom stereocenters. The SMILES string of the molecule is Cc1ccc(NC(=O)CC(C)C2CCCNC2)c(OCC(=O)N(C)C)c1.Cl. The Morgan fingerprint density at radius 1 is 1.37 bits per heavy atom. The summed E-state index contributed by atoms with van der Waals surface area (Å²) in [6.45, 7) is 6.10. The van der Waals surface area contributed by atoms with Gasteiger partial charge >= 0.3 is 0 Å². The molecule has 1 aromatic rings. The van der Waals surface area contributed by atoms with E-state index in [-0.39, 0.29) is 30.8 Å². The fourth-order valence-electron chi connectivity index (χ4n) is 3.15. The maximum Gasteiger partial charge on any atom is 0.259 e. The number of amides is 2. The van der Waals surface area contributed by atoms with Crippen LogP contribution in [0.4, 0.5) is 5.69 Å². The second kappa shape index (κ2) is 11.1. The molecular weight excluding hydrogens is 366 g/mol. The van der Waals surface area contributed by atoms with Crippen LogP contribution in [0.15, 0.2) is 18.2 Å². The van der Waals surface area contributed by atoms with Gasteiger partial charge in [0.2, 0.25) is 5.91 Å². The Balaban J connectivity index is 0.00000364. The molecule has 1 aromatic carbocycles. The van der Waals surface area contributed by atoms with Crippen molar-refractivity contribution in [1.29, 1.82) is 0 Å². The fourth-order valence-corrected chi connectivity index (χ4v) is 3.15. The molecule has 0 aromatic heterocycles. The maximum atomic E-state index is 12.5. The van der Waals surface area contributed by atoms with Crippen molar-refractivity contribution in [2.24, 2.45) is 11.8 Å². The van der Waals surface area contributed by atoms with Crippen molar-refractivity contribution in [1.82, 2.24) is 10.2 Å². The number of carbonyl (C=O) groups is 2. The van der Waals surface area contributed by atoms with Gasteiger partial charge in [0.15, 0.2) is 6.61 Å². The van der Waals surface area contributed by atoms with E-state index in [1.165, 1.54) is 17.7 Å². The van der Waals surface area contributed by atoms with Crippen molar-refractivity contribution in [2.75, 3.05) is 39.1 Å². The molecule has 2 rings (SSSR count). The van der Waals surface area contributed by atoms with Crippen LogP contribution >= 0.6 is 12.4 Å². The highest BCUT2D eigenvalue weighted by Crippen LogP contribution is 2.27. The van der Waals surface area contributed by atoms with E-state index in [4.69, 9.17) is 4.74 Å². The first-order valence-corrected chi connectivity index (χ1v) is 9.31. The third-order valence-electron chi connectivity index (χ3n) is 4.91. The molecular formula is C20H32ClN3O3. The van der Waals surface area contributed by atoms with Gasteiger partial charge in [-0.2, -0.15) is 0 Å². The number of rotatable bonds is 7. The second-order valence-electron chi connectivity index (χ2n) is 7.41. The van der Waals surface area contributed by atoms with Crippen LogP contribution in [-0.4, -0.2) is 50.5 Å². The van der Waals surface area contributed by atoms with E-state index in [9.17, 15) is 9.59 Å². The van der Waals surface area contributed by atoms with Crippen LogP contribution in [0.5, 0.6) is 5.75 Å². The van der Waals surface area contributed by atoms with Gasteiger partial charge in [0.05, 0.1) is 5.69 Å². The van der Waals surface area contributed by atoms with E-state index in [2.05, 4.69) is 17.6 Å². The van der Waals surface area contributed by atoms with E-state index in [1.807, 2.05) is 25.1 Å². The largest absolute Gasteiger partial charge is 0.482 e. The molecule has 0 bridgehead atoms. The Kier molecular flexibility index (Phi) is 9.60. The van der Waals surface area contributed by atoms with Crippen molar-refractivity contribution in [3.8, 4) is 5.75 Å². The summed E-state index contributed by atoms with van der Waals surface area (Å²) in [7, 11) is 3.37. The summed E-state index contributed by atoms with van der Waals surface area (Å²) in [5, 5.41) is 6.35. The van der Waals surface area contributed by atoms with Crippen molar-refractivity contribution in [2.45, 2.75) is 33.1 Å². The molecule has 1 aliphatic rings. The number of piperidine rings is 1. The molecule has 2 unspecified atom stereocenters. The minimum atomic E-state index is -0.123. The van der Waals surface area contributed by atoms with Crippen molar-refractivity contribution >= 4 is 29.9 Å². The molecule has 0 saturated carbocycles. The predicted octanol–water partition coefficient (Wildman–Crippen LogP) is 2.85. The first kappa shape index (κ1) is 23.2. The van der Waals surface area contributed by atoms with Crippen LogP contribution in [0.25, 0.3) is 0 Å². The summed E-state index contributed by atoms with van der Waals surface area (Å²) >= 11 is 0. The van der Waals surface area contributed by atoms with Gasteiger partial charge in [0, 0.05) is 20.5 Å². The van der Waals surface area contributed by atoms with Gasteiger partial charge < -0.3 is 20.3 Å². The lowest BCUT2D eigenvalue weighted by molar-refractivity contribution is -0.130. The fraction of sp³-hybridized carbons (Fsp3) is 0.600. The summed E-state index contributed by atoms with van der Waals surface area (Å²) in [5.41, 5.74) is 1.62. The smallest absolute Gasteiger partial charge is 0.259 e. The van der Waals surface area contributed by atoms with Gasteiger partial charge in [-0.3, -0.25) is 9.59 Å². The first-order chi connectivity index (χ1) is 12.4. The Bertz CT molecular complexity index is 631. The van der Waals surface area contributed by atoms with Crippen molar-refractivity contribution in [3.05, 3.63) is 23.8 Å². The molecule has 1 heterocycles. The number of halogens is 1. The Hall–Kier alpha value is -1.79. The molecule has 2 amide bonds. The van der Waals surface area contributed by atoms with Gasteiger partial charge in [-0.25, -0.2) is 0 Å². The van der Waals surface area contributed by atoms with Crippen LogP contribution in [-0.2, 0) is 9.59 Å². The highest BCUT2D eigenvalue weighted by atomic mass is 35.5. The molecule has 1 saturated heterocycles. The van der Waals surface area contributed by atoms with E-state index in [0.29, 0.717) is 29.7 Å². The summed E-state index contributed by atoms with van der Waals surface area (Å²) in [4.78, 5) is 25.7. The molecule has 0 aliphatic carbocycles. The Labute approximate surface area is 168 Å². The van der Waals surface area contributed by atoms with E-state index >= 15 is 0 Å². The lowest BCUT2D eigenvalue weighted by Crippen LogP contribution is -2.34. The molecule has 1 fully saturated rings. The zero-order chi connectivity index (χ0) is 19.1. The van der Waals surface area contributed by atoms with Gasteiger partial charge in [0.25, 0.3) is 5.91 Å². The third-order valence-corrected chi connectivity index (χ3v) is 4.91. The van der Waals surface area contributed by atoms with E-state index < -0.39 is 0 Å². The molecule has 6 nitrogen and oxygen atoms in total. The Morgan fingerprint density at radius 2 is 2.11 bits per heavy atom. The minimum absolute atomic E-state index is 0. The molecule has 7 heteroatoms. The van der Waals surface area contributed by atoms with Crippen LogP contribution in [0.1, 0.15) is 31.7 Å². The maximum absolute atomic E-state index is 12.5. The zero-order valence-corrected chi connectivity index (χ0v) is 17.5. The summed E-state index contributed by atoms with van der Waals surface area (Å²) < 4.78 is 5.65. The molecule has 1 aliphatic heterocycles. The van der Waals surface area contributed by atoms with Gasteiger partial charge in [0.1, 0.15) is 5.75 Å².